The molecule has 1 unspecified atom stereocenters. The van der Waals surface area contributed by atoms with Gasteiger partial charge in [-0.1, -0.05) is 48.5 Å². The summed E-state index contributed by atoms with van der Waals surface area (Å²) in [6.07, 6.45) is 2.18. The average Bonchev–Trinajstić information content (AvgIpc) is 2.85. The number of pyridine rings is 1. The molecular formula is C29H34N2O3S. The van der Waals surface area contributed by atoms with Crippen molar-refractivity contribution in [3.8, 4) is 5.75 Å². The average molecular weight is 491 g/mol. The number of methoxy groups -OCH3 is 1. The highest BCUT2D eigenvalue weighted by Gasteiger charge is 2.33. The standard InChI is InChI=1S/C29H34N2O3S/c1-29(2,3)34-28(32)31-19-23-13-17-27(35-20-22-8-6-5-7-9-22)30-26(23)18-24(31)14-10-21-11-15-25(33-4)16-12-21/h5-9,11-13,15-17,24H,10,14,18-20H2,1-4H3. The van der Waals surface area contributed by atoms with Crippen LogP contribution >= 0.6 is 11.8 Å². The Labute approximate surface area is 212 Å². The van der Waals surface area contributed by atoms with Crippen LogP contribution in [0.3, 0.4) is 0 Å². The van der Waals surface area contributed by atoms with Gasteiger partial charge in [0.1, 0.15) is 11.4 Å². The molecule has 0 saturated heterocycles. The fourth-order valence-electron chi connectivity index (χ4n) is 4.21. The first-order valence-electron chi connectivity index (χ1n) is 12.1. The molecule has 1 atom stereocenters. The predicted octanol–water partition coefficient (Wildman–Crippen LogP) is 6.68. The zero-order chi connectivity index (χ0) is 24.8. The zero-order valence-electron chi connectivity index (χ0n) is 21.0. The van der Waals surface area contributed by atoms with Crippen LogP contribution < -0.4 is 4.74 Å². The van der Waals surface area contributed by atoms with Crippen LogP contribution in [0.5, 0.6) is 5.75 Å². The second kappa shape index (κ2) is 11.2. The van der Waals surface area contributed by atoms with Gasteiger partial charge >= 0.3 is 6.09 Å². The van der Waals surface area contributed by atoms with E-state index in [2.05, 4.69) is 48.5 Å². The number of aryl methyl sites for hydroxylation is 1. The first kappa shape index (κ1) is 25.1. The summed E-state index contributed by atoms with van der Waals surface area (Å²) in [5.41, 5.74) is 4.16. The van der Waals surface area contributed by atoms with Gasteiger partial charge < -0.3 is 14.4 Å². The summed E-state index contributed by atoms with van der Waals surface area (Å²) in [7, 11) is 1.67. The monoisotopic (exact) mass is 490 g/mol. The fraction of sp³-hybridized carbons (Fsp3) is 0.379. The number of benzene rings is 2. The minimum Gasteiger partial charge on any atom is -0.497 e. The minimum absolute atomic E-state index is 0.0290. The molecule has 4 rings (SSSR count). The summed E-state index contributed by atoms with van der Waals surface area (Å²) in [4.78, 5) is 20.0. The van der Waals surface area contributed by atoms with Crippen LogP contribution in [0.15, 0.2) is 71.8 Å². The summed E-state index contributed by atoms with van der Waals surface area (Å²) in [6.45, 7) is 6.25. The maximum absolute atomic E-state index is 13.1. The van der Waals surface area contributed by atoms with Crippen LogP contribution in [0.25, 0.3) is 0 Å². The molecule has 0 bridgehead atoms. The molecule has 0 aliphatic carbocycles. The Morgan fingerprint density at radius 3 is 2.46 bits per heavy atom. The van der Waals surface area contributed by atoms with Crippen molar-refractivity contribution in [3.63, 3.8) is 0 Å². The van der Waals surface area contributed by atoms with Gasteiger partial charge in [-0.25, -0.2) is 9.78 Å². The number of ether oxygens (including phenoxy) is 2. The molecule has 6 heteroatoms. The van der Waals surface area contributed by atoms with Crippen LogP contribution in [0, 0.1) is 0 Å². The summed E-state index contributed by atoms with van der Waals surface area (Å²) >= 11 is 1.75. The Morgan fingerprint density at radius 2 is 1.77 bits per heavy atom. The second-order valence-electron chi connectivity index (χ2n) is 9.88. The Hall–Kier alpha value is -2.99. The van der Waals surface area contributed by atoms with Crippen LogP contribution in [-0.2, 0) is 29.9 Å². The smallest absolute Gasteiger partial charge is 0.410 e. The van der Waals surface area contributed by atoms with Crippen molar-refractivity contribution in [2.24, 2.45) is 0 Å². The fourth-order valence-corrected chi connectivity index (χ4v) is 5.05. The highest BCUT2D eigenvalue weighted by molar-refractivity contribution is 7.98. The maximum atomic E-state index is 13.1. The molecule has 184 valence electrons. The third-order valence-corrected chi connectivity index (χ3v) is 7.04. The molecule has 2 aromatic carbocycles. The Balaban J connectivity index is 1.50. The number of carbonyl (C=O) groups excluding carboxylic acids is 1. The summed E-state index contributed by atoms with van der Waals surface area (Å²) in [5.74, 6) is 1.73. The number of hydrogen-bond acceptors (Lipinski definition) is 5. The van der Waals surface area contributed by atoms with Gasteiger partial charge in [-0.05, 0) is 68.5 Å². The SMILES string of the molecule is COc1ccc(CCC2Cc3nc(SCc4ccccc4)ccc3CN2C(=O)OC(C)(C)C)cc1. The van der Waals surface area contributed by atoms with E-state index in [-0.39, 0.29) is 12.1 Å². The lowest BCUT2D eigenvalue weighted by molar-refractivity contribution is 0.0108. The molecule has 3 aromatic rings. The van der Waals surface area contributed by atoms with Crippen molar-refractivity contribution < 1.29 is 14.3 Å². The summed E-state index contributed by atoms with van der Waals surface area (Å²) in [6, 6.07) is 22.8. The lowest BCUT2D eigenvalue weighted by atomic mass is 9.94. The first-order valence-corrected chi connectivity index (χ1v) is 13.1. The second-order valence-corrected chi connectivity index (χ2v) is 10.9. The van der Waals surface area contributed by atoms with Crippen molar-refractivity contribution in [3.05, 3.63) is 89.1 Å². The Bertz CT molecular complexity index is 1130. The van der Waals surface area contributed by atoms with E-state index in [9.17, 15) is 4.79 Å². The van der Waals surface area contributed by atoms with Crippen LogP contribution in [-0.4, -0.2) is 34.7 Å². The van der Waals surface area contributed by atoms with Gasteiger partial charge in [0, 0.05) is 23.9 Å². The number of rotatable bonds is 7. The van der Waals surface area contributed by atoms with Gasteiger partial charge in [-0.3, -0.25) is 0 Å². The van der Waals surface area contributed by atoms with Crippen molar-refractivity contribution in [2.45, 2.75) is 69.0 Å². The van der Waals surface area contributed by atoms with Gasteiger partial charge in [0.25, 0.3) is 0 Å². The number of thioether (sulfide) groups is 1. The third kappa shape index (κ3) is 7.01. The van der Waals surface area contributed by atoms with Gasteiger partial charge in [0.05, 0.1) is 18.7 Å². The van der Waals surface area contributed by atoms with Crippen LogP contribution in [0.1, 0.15) is 49.6 Å². The molecule has 2 heterocycles. The minimum atomic E-state index is -0.534. The van der Waals surface area contributed by atoms with E-state index in [1.54, 1.807) is 18.9 Å². The molecule has 1 aliphatic heterocycles. The molecule has 35 heavy (non-hydrogen) atoms. The van der Waals surface area contributed by atoms with Crippen molar-refractivity contribution in [2.75, 3.05) is 7.11 Å². The molecule has 0 spiro atoms. The molecular weight excluding hydrogens is 456 g/mol. The normalized spacial score (nSPS) is 15.4. The van der Waals surface area contributed by atoms with E-state index < -0.39 is 5.60 Å². The molecule has 1 amide bonds. The molecule has 0 saturated carbocycles. The number of aromatic nitrogens is 1. The number of fused-ring (bicyclic) bond motifs is 1. The van der Waals surface area contributed by atoms with E-state index in [0.717, 1.165) is 47.0 Å². The van der Waals surface area contributed by atoms with E-state index in [1.807, 2.05) is 43.9 Å². The van der Waals surface area contributed by atoms with Crippen LogP contribution in [0.4, 0.5) is 4.79 Å². The number of amides is 1. The maximum Gasteiger partial charge on any atom is 0.410 e. The first-order chi connectivity index (χ1) is 16.8. The highest BCUT2D eigenvalue weighted by atomic mass is 32.2. The largest absolute Gasteiger partial charge is 0.497 e. The van der Waals surface area contributed by atoms with E-state index in [0.29, 0.717) is 6.54 Å². The van der Waals surface area contributed by atoms with Crippen molar-refractivity contribution in [1.82, 2.24) is 9.88 Å². The van der Waals surface area contributed by atoms with Gasteiger partial charge in [0.15, 0.2) is 0 Å². The number of nitrogens with zero attached hydrogens (tertiary/aromatic N) is 2. The number of hydrogen-bond donors (Lipinski definition) is 0. The number of carbonyl (C=O) groups is 1. The molecule has 0 radical (unpaired) electrons. The predicted molar refractivity (Wildman–Crippen MR) is 141 cm³/mol. The molecule has 5 nitrogen and oxygen atoms in total. The van der Waals surface area contributed by atoms with Gasteiger partial charge in [0.2, 0.25) is 0 Å². The lowest BCUT2D eigenvalue weighted by Crippen LogP contribution is -2.47. The quantitative estimate of drug-likeness (QED) is 0.346. The third-order valence-electron chi connectivity index (χ3n) is 6.04. The van der Waals surface area contributed by atoms with Crippen molar-refractivity contribution >= 4 is 17.9 Å². The lowest BCUT2D eigenvalue weighted by Gasteiger charge is -2.37. The molecule has 0 fully saturated rings. The molecule has 1 aliphatic rings. The zero-order valence-corrected chi connectivity index (χ0v) is 21.8. The Kier molecular flexibility index (Phi) is 8.01. The van der Waals surface area contributed by atoms with E-state index in [1.165, 1.54) is 11.1 Å². The van der Waals surface area contributed by atoms with Gasteiger partial charge in [-0.2, -0.15) is 0 Å². The molecule has 1 aromatic heterocycles. The topological polar surface area (TPSA) is 51.7 Å². The molecule has 0 N–H and O–H groups in total. The Morgan fingerprint density at radius 1 is 1.03 bits per heavy atom. The van der Waals surface area contributed by atoms with E-state index in [4.69, 9.17) is 14.5 Å². The van der Waals surface area contributed by atoms with Crippen LogP contribution in [0.2, 0.25) is 0 Å². The summed E-state index contributed by atoms with van der Waals surface area (Å²) < 4.78 is 11.0. The summed E-state index contributed by atoms with van der Waals surface area (Å²) in [5, 5.41) is 1.02. The van der Waals surface area contributed by atoms with Crippen molar-refractivity contribution in [1.29, 1.82) is 0 Å². The highest BCUT2D eigenvalue weighted by Crippen LogP contribution is 2.30. The van der Waals surface area contributed by atoms with Gasteiger partial charge in [-0.15, -0.1) is 11.8 Å². The van der Waals surface area contributed by atoms with E-state index >= 15 is 0 Å².